The highest BCUT2D eigenvalue weighted by Gasteiger charge is 2.18. The van der Waals surface area contributed by atoms with Crippen LogP contribution in [0.3, 0.4) is 0 Å². The maximum atomic E-state index is 11.7. The molecule has 0 spiro atoms. The number of carboxylic acid groups (broad SMARTS) is 1. The lowest BCUT2D eigenvalue weighted by Crippen LogP contribution is -2.02. The quantitative estimate of drug-likeness (QED) is 0.694. The number of carbonyl (C=O) groups is 1. The van der Waals surface area contributed by atoms with Crippen molar-refractivity contribution >= 4 is 40.1 Å². The van der Waals surface area contributed by atoms with Gasteiger partial charge in [0, 0.05) is 16.0 Å². The second-order valence-corrected chi connectivity index (χ2v) is 6.14. The van der Waals surface area contributed by atoms with Gasteiger partial charge >= 0.3 is 5.97 Å². The van der Waals surface area contributed by atoms with Crippen LogP contribution >= 0.6 is 23.2 Å². The zero-order valence-corrected chi connectivity index (χ0v) is 14.4. The van der Waals surface area contributed by atoms with Gasteiger partial charge in [-0.05, 0) is 42.8 Å². The molecule has 4 nitrogen and oxygen atoms in total. The van der Waals surface area contributed by atoms with E-state index in [4.69, 9.17) is 27.9 Å². The number of aryl methyl sites for hydroxylation is 1. The molecule has 0 aliphatic rings. The number of hydrogen-bond donors (Lipinski definition) is 1. The number of ether oxygens (including phenoxy) is 1. The van der Waals surface area contributed by atoms with Gasteiger partial charge in [0.2, 0.25) is 0 Å². The monoisotopic (exact) mass is 361 g/mol. The summed E-state index contributed by atoms with van der Waals surface area (Å²) < 4.78 is 5.35. The third-order valence-corrected chi connectivity index (χ3v) is 4.33. The summed E-state index contributed by atoms with van der Waals surface area (Å²) >= 11 is 12.3. The van der Waals surface area contributed by atoms with Crippen LogP contribution in [0.5, 0.6) is 5.75 Å². The number of benzene rings is 2. The van der Waals surface area contributed by atoms with Crippen molar-refractivity contribution in [2.75, 3.05) is 7.11 Å². The van der Waals surface area contributed by atoms with Crippen LogP contribution in [0.15, 0.2) is 36.4 Å². The zero-order valence-electron chi connectivity index (χ0n) is 12.9. The number of rotatable bonds is 3. The second kappa shape index (κ2) is 6.30. The normalized spacial score (nSPS) is 10.8. The van der Waals surface area contributed by atoms with Crippen LogP contribution in [0.2, 0.25) is 10.0 Å². The second-order valence-electron chi connectivity index (χ2n) is 5.29. The average Bonchev–Trinajstić information content (AvgIpc) is 2.57. The van der Waals surface area contributed by atoms with E-state index in [0.717, 1.165) is 5.56 Å². The Hall–Kier alpha value is -2.30. The van der Waals surface area contributed by atoms with Gasteiger partial charge in [-0.3, -0.25) is 0 Å². The lowest BCUT2D eigenvalue weighted by Gasteiger charge is -2.13. The minimum Gasteiger partial charge on any atom is -0.496 e. The molecule has 24 heavy (non-hydrogen) atoms. The van der Waals surface area contributed by atoms with Gasteiger partial charge in [0.05, 0.1) is 28.9 Å². The molecular formula is C18H13Cl2NO3. The number of fused-ring (bicyclic) bond motifs is 1. The smallest absolute Gasteiger partial charge is 0.336 e. The third-order valence-electron chi connectivity index (χ3n) is 3.78. The van der Waals surface area contributed by atoms with E-state index in [1.807, 2.05) is 13.0 Å². The summed E-state index contributed by atoms with van der Waals surface area (Å²) in [6, 6.07) is 10.1. The highest BCUT2D eigenvalue weighted by atomic mass is 35.5. The number of methoxy groups -OCH3 is 1. The molecule has 6 heteroatoms. The fraction of sp³-hybridized carbons (Fsp3) is 0.111. The molecule has 1 N–H and O–H groups in total. The van der Waals surface area contributed by atoms with Crippen molar-refractivity contribution in [2.45, 2.75) is 6.92 Å². The molecule has 1 heterocycles. The van der Waals surface area contributed by atoms with Crippen molar-refractivity contribution in [1.29, 1.82) is 0 Å². The molecule has 0 saturated heterocycles. The molecule has 0 fully saturated rings. The molecule has 0 amide bonds. The van der Waals surface area contributed by atoms with Crippen LogP contribution in [0.1, 0.15) is 15.9 Å². The van der Waals surface area contributed by atoms with E-state index in [-0.39, 0.29) is 5.56 Å². The van der Waals surface area contributed by atoms with Crippen molar-refractivity contribution in [3.8, 4) is 17.0 Å². The number of aromatic nitrogens is 1. The van der Waals surface area contributed by atoms with E-state index in [0.29, 0.717) is 38.0 Å². The van der Waals surface area contributed by atoms with E-state index in [9.17, 15) is 9.90 Å². The molecule has 0 aliphatic heterocycles. The molecule has 2 aromatic carbocycles. The Morgan fingerprint density at radius 2 is 1.92 bits per heavy atom. The molecule has 0 radical (unpaired) electrons. The standard InChI is InChI=1S/C18H13Cl2NO3/c1-9-3-5-13(20)16-12(18(22)23)8-14(21-17(9)16)11-7-10(19)4-6-15(11)24-2/h3-8H,1-2H3,(H,22,23). The zero-order chi connectivity index (χ0) is 17.4. The Labute approximate surface area is 148 Å². The Morgan fingerprint density at radius 1 is 1.17 bits per heavy atom. The minimum atomic E-state index is -1.07. The minimum absolute atomic E-state index is 0.0886. The summed E-state index contributed by atoms with van der Waals surface area (Å²) in [5, 5.41) is 10.9. The molecule has 0 saturated carbocycles. The predicted molar refractivity (Wildman–Crippen MR) is 95.4 cm³/mol. The first-order valence-corrected chi connectivity index (χ1v) is 7.85. The maximum Gasteiger partial charge on any atom is 0.336 e. The largest absolute Gasteiger partial charge is 0.496 e. The SMILES string of the molecule is COc1ccc(Cl)cc1-c1cc(C(=O)O)c2c(Cl)ccc(C)c2n1. The predicted octanol–water partition coefficient (Wildman–Crippen LogP) is 5.22. The Balaban J connectivity index is 2.41. The third kappa shape index (κ3) is 2.79. The average molecular weight is 362 g/mol. The van der Waals surface area contributed by atoms with E-state index >= 15 is 0 Å². The van der Waals surface area contributed by atoms with Gasteiger partial charge in [-0.15, -0.1) is 0 Å². The Kier molecular flexibility index (Phi) is 4.35. The van der Waals surface area contributed by atoms with Gasteiger partial charge in [-0.2, -0.15) is 0 Å². The Bertz CT molecular complexity index is 970. The van der Waals surface area contributed by atoms with Gasteiger partial charge in [-0.25, -0.2) is 9.78 Å². The topological polar surface area (TPSA) is 59.4 Å². The van der Waals surface area contributed by atoms with Crippen LogP contribution in [-0.4, -0.2) is 23.2 Å². The number of pyridine rings is 1. The number of carboxylic acids is 1. The summed E-state index contributed by atoms with van der Waals surface area (Å²) in [7, 11) is 1.54. The molecule has 0 bridgehead atoms. The molecular weight excluding hydrogens is 349 g/mol. The molecule has 3 aromatic rings. The van der Waals surface area contributed by atoms with Crippen molar-refractivity contribution in [3.63, 3.8) is 0 Å². The maximum absolute atomic E-state index is 11.7. The lowest BCUT2D eigenvalue weighted by atomic mass is 10.0. The van der Waals surface area contributed by atoms with Gasteiger partial charge in [0.15, 0.2) is 0 Å². The van der Waals surface area contributed by atoms with Crippen molar-refractivity contribution in [1.82, 2.24) is 4.98 Å². The fourth-order valence-corrected chi connectivity index (χ4v) is 3.05. The van der Waals surface area contributed by atoms with Crippen molar-refractivity contribution < 1.29 is 14.6 Å². The fourth-order valence-electron chi connectivity index (χ4n) is 2.62. The highest BCUT2D eigenvalue weighted by Crippen LogP contribution is 2.36. The van der Waals surface area contributed by atoms with Crippen LogP contribution in [-0.2, 0) is 0 Å². The van der Waals surface area contributed by atoms with Crippen molar-refractivity contribution in [3.05, 3.63) is 57.6 Å². The van der Waals surface area contributed by atoms with Crippen LogP contribution in [0.4, 0.5) is 0 Å². The molecule has 0 unspecified atom stereocenters. The lowest BCUT2D eigenvalue weighted by molar-refractivity contribution is 0.0699. The van der Waals surface area contributed by atoms with Gasteiger partial charge < -0.3 is 9.84 Å². The summed E-state index contributed by atoms with van der Waals surface area (Å²) in [6.45, 7) is 1.86. The van der Waals surface area contributed by atoms with E-state index < -0.39 is 5.97 Å². The van der Waals surface area contributed by atoms with Crippen LogP contribution in [0.25, 0.3) is 22.2 Å². The first-order chi connectivity index (χ1) is 11.4. The van der Waals surface area contributed by atoms with E-state index in [1.54, 1.807) is 24.3 Å². The number of aromatic carboxylic acids is 1. The van der Waals surface area contributed by atoms with Gasteiger partial charge in [-0.1, -0.05) is 29.3 Å². The molecule has 1 aromatic heterocycles. The molecule has 0 aliphatic carbocycles. The number of hydrogen-bond acceptors (Lipinski definition) is 3. The summed E-state index contributed by atoms with van der Waals surface area (Å²) in [5.74, 6) is -0.514. The molecule has 0 atom stereocenters. The molecule has 3 rings (SSSR count). The molecule has 122 valence electrons. The Morgan fingerprint density at radius 3 is 2.58 bits per heavy atom. The summed E-state index contributed by atoms with van der Waals surface area (Å²) in [4.78, 5) is 16.4. The van der Waals surface area contributed by atoms with Crippen molar-refractivity contribution in [2.24, 2.45) is 0 Å². The summed E-state index contributed by atoms with van der Waals surface area (Å²) in [6.07, 6.45) is 0. The van der Waals surface area contributed by atoms with Gasteiger partial charge in [0.1, 0.15) is 5.75 Å². The van der Waals surface area contributed by atoms with Gasteiger partial charge in [0.25, 0.3) is 0 Å². The number of halogens is 2. The highest BCUT2D eigenvalue weighted by molar-refractivity contribution is 6.36. The van der Waals surface area contributed by atoms with E-state index in [2.05, 4.69) is 4.98 Å². The first kappa shape index (κ1) is 16.6. The number of nitrogens with zero attached hydrogens (tertiary/aromatic N) is 1. The van der Waals surface area contributed by atoms with Crippen LogP contribution < -0.4 is 4.74 Å². The van der Waals surface area contributed by atoms with E-state index in [1.165, 1.54) is 13.2 Å². The van der Waals surface area contributed by atoms with Crippen LogP contribution in [0, 0.1) is 6.92 Å². The first-order valence-electron chi connectivity index (χ1n) is 7.09. The summed E-state index contributed by atoms with van der Waals surface area (Å²) in [5.41, 5.74) is 2.54.